The Balaban J connectivity index is 2.14. The van der Waals surface area contributed by atoms with Crippen LogP contribution in [-0.2, 0) is 6.54 Å². The van der Waals surface area contributed by atoms with Crippen LogP contribution in [0.25, 0.3) is 10.9 Å². The molecule has 0 fully saturated rings. The molecule has 96 valence electrons. The molecule has 1 N–H and O–H groups in total. The molecule has 0 saturated carbocycles. The number of aryl methyl sites for hydroxylation is 1. The Bertz CT molecular complexity index is 700. The Hall–Kier alpha value is -2.20. The summed E-state index contributed by atoms with van der Waals surface area (Å²) in [5, 5.41) is 15.8. The molecule has 2 heterocycles. The Labute approximate surface area is 111 Å². The molecule has 0 saturated heterocycles. The van der Waals surface area contributed by atoms with E-state index in [1.54, 1.807) is 17.1 Å². The van der Waals surface area contributed by atoms with Gasteiger partial charge in [-0.3, -0.25) is 9.67 Å². The molecular formula is C15H15N3O. The average Bonchev–Trinajstić information content (AvgIpc) is 2.94. The van der Waals surface area contributed by atoms with Crippen LogP contribution in [0.1, 0.15) is 24.3 Å². The first-order chi connectivity index (χ1) is 9.31. The predicted molar refractivity (Wildman–Crippen MR) is 73.7 cm³/mol. The molecule has 4 nitrogen and oxygen atoms in total. The number of aliphatic hydroxyl groups excluding tert-OH is 1. The Morgan fingerprint density at radius 3 is 2.89 bits per heavy atom. The van der Waals surface area contributed by atoms with Crippen molar-refractivity contribution >= 4 is 10.9 Å². The SMILES string of the molecule is CCn1nccc1C(O)c1cccc2ncccc12. The van der Waals surface area contributed by atoms with Crippen LogP contribution in [0.5, 0.6) is 0 Å². The first kappa shape index (κ1) is 11.9. The van der Waals surface area contributed by atoms with Crippen molar-refractivity contribution in [1.82, 2.24) is 14.8 Å². The van der Waals surface area contributed by atoms with Crippen molar-refractivity contribution in [2.24, 2.45) is 0 Å². The van der Waals surface area contributed by atoms with Crippen LogP contribution in [0, 0.1) is 0 Å². The fourth-order valence-corrected chi connectivity index (χ4v) is 2.36. The van der Waals surface area contributed by atoms with Crippen molar-refractivity contribution in [2.75, 3.05) is 0 Å². The first-order valence-electron chi connectivity index (χ1n) is 6.34. The number of benzene rings is 1. The molecule has 3 rings (SSSR count). The van der Waals surface area contributed by atoms with Gasteiger partial charge in [-0.05, 0) is 30.7 Å². The highest BCUT2D eigenvalue weighted by Gasteiger charge is 2.17. The topological polar surface area (TPSA) is 50.9 Å². The zero-order valence-corrected chi connectivity index (χ0v) is 10.7. The molecule has 2 aromatic heterocycles. The van der Waals surface area contributed by atoms with Gasteiger partial charge in [0.2, 0.25) is 0 Å². The largest absolute Gasteiger partial charge is 0.382 e. The second-order valence-electron chi connectivity index (χ2n) is 4.39. The number of hydrogen-bond donors (Lipinski definition) is 1. The van der Waals surface area contributed by atoms with Crippen molar-refractivity contribution in [2.45, 2.75) is 19.6 Å². The van der Waals surface area contributed by atoms with E-state index in [-0.39, 0.29) is 0 Å². The summed E-state index contributed by atoms with van der Waals surface area (Å²) in [6, 6.07) is 11.5. The standard InChI is InChI=1S/C15H15N3O/c1-2-18-14(8-10-17-18)15(19)12-5-3-7-13-11(12)6-4-9-16-13/h3-10,15,19H,2H2,1H3. The zero-order valence-electron chi connectivity index (χ0n) is 10.7. The zero-order chi connectivity index (χ0) is 13.2. The molecule has 0 amide bonds. The average molecular weight is 253 g/mol. The smallest absolute Gasteiger partial charge is 0.121 e. The number of nitrogens with zero attached hydrogens (tertiary/aromatic N) is 3. The summed E-state index contributed by atoms with van der Waals surface area (Å²) < 4.78 is 1.81. The summed E-state index contributed by atoms with van der Waals surface area (Å²) in [5.41, 5.74) is 2.56. The van der Waals surface area contributed by atoms with Gasteiger partial charge in [-0.1, -0.05) is 18.2 Å². The predicted octanol–water partition coefficient (Wildman–Crippen LogP) is 2.53. The van der Waals surface area contributed by atoms with Crippen molar-refractivity contribution in [3.8, 4) is 0 Å². The number of fused-ring (bicyclic) bond motifs is 1. The van der Waals surface area contributed by atoms with E-state index in [4.69, 9.17) is 0 Å². The lowest BCUT2D eigenvalue weighted by atomic mass is 10.0. The van der Waals surface area contributed by atoms with Gasteiger partial charge >= 0.3 is 0 Å². The fourth-order valence-electron chi connectivity index (χ4n) is 2.36. The van der Waals surface area contributed by atoms with Gasteiger partial charge in [0, 0.05) is 24.3 Å². The molecule has 0 spiro atoms. The van der Waals surface area contributed by atoms with E-state index in [0.717, 1.165) is 28.7 Å². The van der Waals surface area contributed by atoms with Crippen molar-refractivity contribution in [3.05, 3.63) is 60.0 Å². The highest BCUT2D eigenvalue weighted by molar-refractivity contribution is 5.82. The monoisotopic (exact) mass is 253 g/mol. The summed E-state index contributed by atoms with van der Waals surface area (Å²) in [5.74, 6) is 0. The maximum Gasteiger partial charge on any atom is 0.121 e. The van der Waals surface area contributed by atoms with E-state index in [1.807, 2.05) is 43.3 Å². The molecular weight excluding hydrogens is 238 g/mol. The summed E-state index contributed by atoms with van der Waals surface area (Å²) in [4.78, 5) is 4.31. The molecule has 4 heteroatoms. The Morgan fingerprint density at radius 1 is 1.16 bits per heavy atom. The van der Waals surface area contributed by atoms with Crippen LogP contribution in [0.15, 0.2) is 48.8 Å². The van der Waals surface area contributed by atoms with Crippen LogP contribution in [0.3, 0.4) is 0 Å². The third kappa shape index (κ3) is 2.00. The third-order valence-electron chi connectivity index (χ3n) is 3.30. The summed E-state index contributed by atoms with van der Waals surface area (Å²) in [6.07, 6.45) is 2.79. The Morgan fingerprint density at radius 2 is 2.05 bits per heavy atom. The maximum absolute atomic E-state index is 10.6. The van der Waals surface area contributed by atoms with Crippen LogP contribution in [0.2, 0.25) is 0 Å². The molecule has 3 aromatic rings. The van der Waals surface area contributed by atoms with Gasteiger partial charge in [0.1, 0.15) is 6.10 Å². The Kier molecular flexibility index (Phi) is 3.01. The first-order valence-corrected chi connectivity index (χ1v) is 6.34. The normalized spacial score (nSPS) is 12.7. The lowest BCUT2D eigenvalue weighted by Crippen LogP contribution is -2.09. The van der Waals surface area contributed by atoms with Crippen LogP contribution in [-0.4, -0.2) is 19.9 Å². The van der Waals surface area contributed by atoms with Crippen LogP contribution in [0.4, 0.5) is 0 Å². The second-order valence-corrected chi connectivity index (χ2v) is 4.39. The molecule has 1 atom stereocenters. The third-order valence-corrected chi connectivity index (χ3v) is 3.30. The number of hydrogen-bond acceptors (Lipinski definition) is 3. The van der Waals surface area contributed by atoms with Crippen molar-refractivity contribution in [1.29, 1.82) is 0 Å². The van der Waals surface area contributed by atoms with E-state index in [0.29, 0.717) is 0 Å². The summed E-state index contributed by atoms with van der Waals surface area (Å²) >= 11 is 0. The molecule has 1 unspecified atom stereocenters. The van der Waals surface area contributed by atoms with Gasteiger partial charge in [0.05, 0.1) is 11.2 Å². The lowest BCUT2D eigenvalue weighted by Gasteiger charge is -2.14. The number of pyridine rings is 1. The van der Waals surface area contributed by atoms with E-state index >= 15 is 0 Å². The summed E-state index contributed by atoms with van der Waals surface area (Å²) in [7, 11) is 0. The van der Waals surface area contributed by atoms with E-state index in [1.165, 1.54) is 0 Å². The van der Waals surface area contributed by atoms with Crippen LogP contribution < -0.4 is 0 Å². The van der Waals surface area contributed by atoms with E-state index in [2.05, 4.69) is 10.1 Å². The minimum atomic E-state index is -0.685. The summed E-state index contributed by atoms with van der Waals surface area (Å²) in [6.45, 7) is 2.75. The van der Waals surface area contributed by atoms with E-state index in [9.17, 15) is 5.11 Å². The molecule has 0 aliphatic rings. The molecule has 0 radical (unpaired) electrons. The number of rotatable bonds is 3. The molecule has 0 aliphatic carbocycles. The number of aliphatic hydroxyl groups is 1. The van der Waals surface area contributed by atoms with Gasteiger partial charge in [-0.15, -0.1) is 0 Å². The molecule has 1 aromatic carbocycles. The molecule has 19 heavy (non-hydrogen) atoms. The van der Waals surface area contributed by atoms with Crippen molar-refractivity contribution < 1.29 is 5.11 Å². The fraction of sp³-hybridized carbons (Fsp3) is 0.200. The van der Waals surface area contributed by atoms with Gasteiger partial charge < -0.3 is 5.11 Å². The lowest BCUT2D eigenvalue weighted by molar-refractivity contribution is 0.209. The quantitative estimate of drug-likeness (QED) is 0.780. The minimum Gasteiger partial charge on any atom is -0.382 e. The molecule has 0 aliphatic heterocycles. The highest BCUT2D eigenvalue weighted by atomic mass is 16.3. The van der Waals surface area contributed by atoms with Crippen LogP contribution >= 0.6 is 0 Å². The van der Waals surface area contributed by atoms with E-state index < -0.39 is 6.10 Å². The molecule has 0 bridgehead atoms. The van der Waals surface area contributed by atoms with Crippen molar-refractivity contribution in [3.63, 3.8) is 0 Å². The van der Waals surface area contributed by atoms with Gasteiger partial charge in [0.15, 0.2) is 0 Å². The van der Waals surface area contributed by atoms with Gasteiger partial charge in [0.25, 0.3) is 0 Å². The second kappa shape index (κ2) is 4.82. The number of aromatic nitrogens is 3. The maximum atomic E-state index is 10.6. The van der Waals surface area contributed by atoms with Gasteiger partial charge in [-0.2, -0.15) is 5.10 Å². The van der Waals surface area contributed by atoms with Gasteiger partial charge in [-0.25, -0.2) is 0 Å². The minimum absolute atomic E-state index is 0.685. The highest BCUT2D eigenvalue weighted by Crippen LogP contribution is 2.27.